The number of aliphatic hydroxyl groups excluding tert-OH is 1. The number of ether oxygens (including phenoxy) is 2. The third-order valence-electron chi connectivity index (χ3n) is 3.74. The average Bonchev–Trinajstić information content (AvgIpc) is 2.58. The summed E-state index contributed by atoms with van der Waals surface area (Å²) in [6, 6.07) is 13.4. The van der Waals surface area contributed by atoms with E-state index in [2.05, 4.69) is 4.98 Å². The molecule has 0 spiro atoms. The van der Waals surface area contributed by atoms with Crippen LogP contribution in [0.2, 0.25) is 5.15 Å². The van der Waals surface area contributed by atoms with Crippen molar-refractivity contribution in [2.45, 2.75) is 31.3 Å². The highest BCUT2D eigenvalue weighted by Gasteiger charge is 2.29. The summed E-state index contributed by atoms with van der Waals surface area (Å²) in [7, 11) is 0. The summed E-state index contributed by atoms with van der Waals surface area (Å²) in [5.41, 5.74) is 1.78. The molecule has 0 radical (unpaired) electrons. The Morgan fingerprint density at radius 2 is 2.05 bits per heavy atom. The molecule has 2 heterocycles. The molecule has 1 N–H and O–H groups in total. The lowest BCUT2D eigenvalue weighted by molar-refractivity contribution is -0.237. The van der Waals surface area contributed by atoms with Gasteiger partial charge in [-0.3, -0.25) is 0 Å². The van der Waals surface area contributed by atoms with Crippen molar-refractivity contribution in [3.63, 3.8) is 0 Å². The van der Waals surface area contributed by atoms with Crippen molar-refractivity contribution in [2.24, 2.45) is 0 Å². The molecule has 0 bridgehead atoms. The lowest BCUT2D eigenvalue weighted by Gasteiger charge is -2.33. The molecule has 22 heavy (non-hydrogen) atoms. The van der Waals surface area contributed by atoms with Crippen LogP contribution in [0.1, 0.15) is 23.8 Å². The summed E-state index contributed by atoms with van der Waals surface area (Å²) in [6.45, 7) is 0.558. The zero-order valence-corrected chi connectivity index (χ0v) is 12.8. The molecule has 1 aliphatic heterocycles. The van der Waals surface area contributed by atoms with Crippen molar-refractivity contribution in [1.29, 1.82) is 0 Å². The Kier molecular flexibility index (Phi) is 5.05. The molecule has 3 rings (SSSR count). The van der Waals surface area contributed by atoms with Crippen LogP contribution < -0.4 is 0 Å². The van der Waals surface area contributed by atoms with Crippen molar-refractivity contribution < 1.29 is 14.6 Å². The van der Waals surface area contributed by atoms with Crippen molar-refractivity contribution in [3.05, 3.63) is 64.9 Å². The van der Waals surface area contributed by atoms with Gasteiger partial charge in [0.05, 0.1) is 18.8 Å². The van der Waals surface area contributed by atoms with E-state index in [0.29, 0.717) is 24.6 Å². The van der Waals surface area contributed by atoms with E-state index in [1.165, 1.54) is 0 Å². The molecule has 3 atom stereocenters. The van der Waals surface area contributed by atoms with Gasteiger partial charge in [0.2, 0.25) is 0 Å². The van der Waals surface area contributed by atoms with E-state index in [-0.39, 0.29) is 6.10 Å². The van der Waals surface area contributed by atoms with E-state index in [1.54, 1.807) is 6.20 Å². The first-order valence-corrected chi connectivity index (χ1v) is 7.71. The molecular formula is C17H18ClNO3. The Labute approximate surface area is 134 Å². The van der Waals surface area contributed by atoms with Gasteiger partial charge in [0.15, 0.2) is 6.29 Å². The second kappa shape index (κ2) is 7.20. The number of nitrogens with zero attached hydrogens (tertiary/aromatic N) is 1. The third kappa shape index (κ3) is 3.65. The maximum atomic E-state index is 10.4. The zero-order valence-electron chi connectivity index (χ0n) is 12.1. The summed E-state index contributed by atoms with van der Waals surface area (Å²) in [5.74, 6) is 0. The fourth-order valence-corrected chi connectivity index (χ4v) is 2.75. The quantitative estimate of drug-likeness (QED) is 0.880. The minimum atomic E-state index is -0.642. The normalized spacial score (nSPS) is 23.2. The van der Waals surface area contributed by atoms with Gasteiger partial charge in [0, 0.05) is 18.2 Å². The molecule has 1 aliphatic rings. The number of halogens is 1. The second-order valence-electron chi connectivity index (χ2n) is 5.30. The van der Waals surface area contributed by atoms with Gasteiger partial charge in [-0.25, -0.2) is 4.98 Å². The molecule has 0 amide bonds. The SMILES string of the molecule is O[C@H](Cc1cccnc1Cl)C1CCOC(c2ccccc2)O1. The largest absolute Gasteiger partial charge is 0.390 e. The first-order chi connectivity index (χ1) is 10.7. The Bertz CT molecular complexity index is 608. The smallest absolute Gasteiger partial charge is 0.184 e. The molecule has 1 fully saturated rings. The Morgan fingerprint density at radius 3 is 2.82 bits per heavy atom. The van der Waals surface area contributed by atoms with Crippen LogP contribution in [0.15, 0.2) is 48.7 Å². The molecule has 1 aromatic carbocycles. The fourth-order valence-electron chi connectivity index (χ4n) is 2.55. The van der Waals surface area contributed by atoms with E-state index < -0.39 is 12.4 Å². The lowest BCUT2D eigenvalue weighted by Crippen LogP contribution is -2.37. The molecule has 1 aromatic heterocycles. The maximum absolute atomic E-state index is 10.4. The standard InChI is InChI=1S/C17H18ClNO3/c18-16-13(7-4-9-19-16)11-14(20)15-8-10-21-17(22-15)12-5-2-1-3-6-12/h1-7,9,14-15,17,20H,8,10-11H2/t14-,15?,17?/m1/s1. The fraction of sp³-hybridized carbons (Fsp3) is 0.353. The number of aromatic nitrogens is 1. The minimum absolute atomic E-state index is 0.282. The van der Waals surface area contributed by atoms with Crippen LogP contribution >= 0.6 is 11.6 Å². The molecular weight excluding hydrogens is 302 g/mol. The molecule has 0 saturated carbocycles. The zero-order chi connectivity index (χ0) is 15.4. The van der Waals surface area contributed by atoms with Gasteiger partial charge in [-0.1, -0.05) is 48.0 Å². The molecule has 4 nitrogen and oxygen atoms in total. The summed E-state index contributed by atoms with van der Waals surface area (Å²) in [5, 5.41) is 10.9. The van der Waals surface area contributed by atoms with Crippen LogP contribution in [-0.2, 0) is 15.9 Å². The van der Waals surface area contributed by atoms with Crippen molar-refractivity contribution >= 4 is 11.6 Å². The summed E-state index contributed by atoms with van der Waals surface area (Å²) < 4.78 is 11.6. The van der Waals surface area contributed by atoms with Crippen molar-refractivity contribution in [3.8, 4) is 0 Å². The first kappa shape index (κ1) is 15.4. The number of aliphatic hydroxyl groups is 1. The van der Waals surface area contributed by atoms with Crippen LogP contribution in [0, 0.1) is 0 Å². The van der Waals surface area contributed by atoms with Gasteiger partial charge in [-0.05, 0) is 18.1 Å². The van der Waals surface area contributed by atoms with Gasteiger partial charge >= 0.3 is 0 Å². The van der Waals surface area contributed by atoms with Gasteiger partial charge in [-0.2, -0.15) is 0 Å². The van der Waals surface area contributed by atoms with Crippen LogP contribution in [0.3, 0.4) is 0 Å². The second-order valence-corrected chi connectivity index (χ2v) is 5.66. The number of benzene rings is 1. The Balaban J connectivity index is 1.65. The number of hydrogen-bond donors (Lipinski definition) is 1. The van der Waals surface area contributed by atoms with Crippen LogP contribution in [0.4, 0.5) is 0 Å². The highest BCUT2D eigenvalue weighted by molar-refractivity contribution is 6.30. The monoisotopic (exact) mass is 319 g/mol. The molecule has 2 aromatic rings. The van der Waals surface area contributed by atoms with Crippen molar-refractivity contribution in [1.82, 2.24) is 4.98 Å². The average molecular weight is 320 g/mol. The number of hydrogen-bond acceptors (Lipinski definition) is 4. The van der Waals surface area contributed by atoms with Gasteiger partial charge in [-0.15, -0.1) is 0 Å². The van der Waals surface area contributed by atoms with Crippen LogP contribution in [0.25, 0.3) is 0 Å². The molecule has 5 heteroatoms. The molecule has 1 saturated heterocycles. The van der Waals surface area contributed by atoms with Gasteiger partial charge in [0.25, 0.3) is 0 Å². The van der Waals surface area contributed by atoms with Crippen LogP contribution in [0.5, 0.6) is 0 Å². The van der Waals surface area contributed by atoms with Crippen LogP contribution in [-0.4, -0.2) is 28.9 Å². The van der Waals surface area contributed by atoms with Gasteiger partial charge in [0.1, 0.15) is 5.15 Å². The number of rotatable bonds is 4. The Hall–Kier alpha value is -1.46. The summed E-state index contributed by atoms with van der Waals surface area (Å²) in [6.07, 6.45) is 1.35. The predicted molar refractivity (Wildman–Crippen MR) is 83.6 cm³/mol. The van der Waals surface area contributed by atoms with E-state index in [1.807, 2.05) is 42.5 Å². The van der Waals surface area contributed by atoms with E-state index in [9.17, 15) is 5.11 Å². The highest BCUT2D eigenvalue weighted by atomic mass is 35.5. The topological polar surface area (TPSA) is 51.6 Å². The molecule has 2 unspecified atom stereocenters. The van der Waals surface area contributed by atoms with Gasteiger partial charge < -0.3 is 14.6 Å². The van der Waals surface area contributed by atoms with E-state index >= 15 is 0 Å². The minimum Gasteiger partial charge on any atom is -0.390 e. The highest BCUT2D eigenvalue weighted by Crippen LogP contribution is 2.28. The number of pyridine rings is 1. The molecule has 0 aliphatic carbocycles. The predicted octanol–water partition coefficient (Wildman–Crippen LogP) is 3.14. The molecule has 116 valence electrons. The van der Waals surface area contributed by atoms with E-state index in [0.717, 1.165) is 11.1 Å². The third-order valence-corrected chi connectivity index (χ3v) is 4.08. The summed E-state index contributed by atoms with van der Waals surface area (Å²) >= 11 is 6.04. The summed E-state index contributed by atoms with van der Waals surface area (Å²) in [4.78, 5) is 4.03. The maximum Gasteiger partial charge on any atom is 0.184 e. The van der Waals surface area contributed by atoms with E-state index in [4.69, 9.17) is 21.1 Å². The lowest BCUT2D eigenvalue weighted by atomic mass is 10.0. The first-order valence-electron chi connectivity index (χ1n) is 7.33. The Morgan fingerprint density at radius 1 is 1.23 bits per heavy atom. The van der Waals surface area contributed by atoms with Crippen molar-refractivity contribution in [2.75, 3.05) is 6.61 Å².